The van der Waals surface area contributed by atoms with Crippen molar-refractivity contribution in [2.24, 2.45) is 7.05 Å². The van der Waals surface area contributed by atoms with Crippen molar-refractivity contribution < 1.29 is 0 Å². The first-order valence-corrected chi connectivity index (χ1v) is 4.75. The van der Waals surface area contributed by atoms with Gasteiger partial charge in [0.15, 0.2) is 0 Å². The summed E-state index contributed by atoms with van der Waals surface area (Å²) in [6, 6.07) is 10.2. The summed E-state index contributed by atoms with van der Waals surface area (Å²) in [6.45, 7) is 3.55. The number of aromatic nitrogens is 2. The molecule has 74 valence electrons. The quantitative estimate of drug-likeness (QED) is 0.675. The fraction of sp³-hybridized carbons (Fsp3) is 0.0769. The maximum atomic E-state index is 4.14. The summed E-state index contributed by atoms with van der Waals surface area (Å²) < 4.78 is 1.86. The largest absolute Gasteiger partial charge is 0.268 e. The van der Waals surface area contributed by atoms with E-state index in [-0.39, 0.29) is 0 Å². The summed E-state index contributed by atoms with van der Waals surface area (Å²) in [4.78, 5) is 0. The molecule has 1 aromatic heterocycles. The maximum Gasteiger partial charge on any atom is 0.0678 e. The van der Waals surface area contributed by atoms with E-state index in [1.54, 1.807) is 6.20 Å². The van der Waals surface area contributed by atoms with Gasteiger partial charge in [-0.05, 0) is 23.3 Å². The second kappa shape index (κ2) is 3.99. The zero-order chi connectivity index (χ0) is 10.7. The molecule has 0 N–H and O–H groups in total. The van der Waals surface area contributed by atoms with Gasteiger partial charge in [-0.15, -0.1) is 5.73 Å². The Morgan fingerprint density at radius 3 is 2.53 bits per heavy atom. The average Bonchev–Trinajstić information content (AvgIpc) is 2.66. The molecule has 0 radical (unpaired) electrons. The third-order valence-electron chi connectivity index (χ3n) is 2.30. The smallest absolute Gasteiger partial charge is 0.0678 e. The minimum Gasteiger partial charge on any atom is -0.268 e. The van der Waals surface area contributed by atoms with Crippen LogP contribution in [0.15, 0.2) is 48.8 Å². The van der Waals surface area contributed by atoms with Crippen LogP contribution in [0.5, 0.6) is 0 Å². The molecule has 0 unspecified atom stereocenters. The Kier molecular flexibility index (Phi) is 2.53. The van der Waals surface area contributed by atoms with Gasteiger partial charge in [0.1, 0.15) is 0 Å². The highest BCUT2D eigenvalue weighted by Crippen LogP contribution is 2.18. The highest BCUT2D eigenvalue weighted by molar-refractivity contribution is 5.62. The van der Waals surface area contributed by atoms with Gasteiger partial charge in [-0.2, -0.15) is 5.10 Å². The van der Waals surface area contributed by atoms with E-state index in [1.165, 1.54) is 0 Å². The van der Waals surface area contributed by atoms with Gasteiger partial charge >= 0.3 is 0 Å². The molecule has 0 saturated carbocycles. The monoisotopic (exact) mass is 196 g/mol. The number of aryl methyl sites for hydroxylation is 1. The number of hydrogen-bond acceptors (Lipinski definition) is 1. The van der Waals surface area contributed by atoms with E-state index >= 15 is 0 Å². The van der Waals surface area contributed by atoms with Crippen molar-refractivity contribution in [1.29, 1.82) is 0 Å². The lowest BCUT2D eigenvalue weighted by Crippen LogP contribution is -1.92. The van der Waals surface area contributed by atoms with Crippen LogP contribution in [-0.4, -0.2) is 9.78 Å². The Labute approximate surface area is 89.2 Å². The van der Waals surface area contributed by atoms with Crippen molar-refractivity contribution in [2.45, 2.75) is 0 Å². The van der Waals surface area contributed by atoms with Crippen LogP contribution in [0.4, 0.5) is 0 Å². The Morgan fingerprint density at radius 1 is 1.27 bits per heavy atom. The number of rotatable bonds is 2. The lowest BCUT2D eigenvalue weighted by molar-refractivity contribution is 0.776. The summed E-state index contributed by atoms with van der Waals surface area (Å²) in [5.74, 6) is 0. The van der Waals surface area contributed by atoms with Gasteiger partial charge in [-0.25, -0.2) is 0 Å². The molecule has 15 heavy (non-hydrogen) atoms. The molecule has 0 saturated heterocycles. The zero-order valence-corrected chi connectivity index (χ0v) is 8.64. The van der Waals surface area contributed by atoms with Crippen LogP contribution in [0.1, 0.15) is 5.56 Å². The van der Waals surface area contributed by atoms with Gasteiger partial charge in [-0.3, -0.25) is 4.68 Å². The van der Waals surface area contributed by atoms with E-state index in [1.807, 2.05) is 36.0 Å². The van der Waals surface area contributed by atoms with Crippen molar-refractivity contribution in [1.82, 2.24) is 9.78 Å². The first-order chi connectivity index (χ1) is 7.31. The van der Waals surface area contributed by atoms with Crippen LogP contribution in [0.25, 0.3) is 17.3 Å². The molecule has 2 rings (SSSR count). The van der Waals surface area contributed by atoms with Crippen LogP contribution >= 0.6 is 0 Å². The van der Waals surface area contributed by atoms with E-state index in [0.717, 1.165) is 16.8 Å². The summed E-state index contributed by atoms with van der Waals surface area (Å²) in [6.07, 6.45) is 3.65. The van der Waals surface area contributed by atoms with Gasteiger partial charge < -0.3 is 0 Å². The Hall–Kier alpha value is -2.05. The molecule has 2 heteroatoms. The van der Waals surface area contributed by atoms with Crippen LogP contribution in [0, 0.1) is 0 Å². The van der Waals surface area contributed by atoms with Crippen molar-refractivity contribution in [2.75, 3.05) is 0 Å². The van der Waals surface area contributed by atoms with Gasteiger partial charge in [0.2, 0.25) is 0 Å². The third-order valence-corrected chi connectivity index (χ3v) is 2.30. The molecule has 0 aliphatic heterocycles. The second-order valence-electron chi connectivity index (χ2n) is 3.31. The molecule has 0 fully saturated rings. The first kappa shape index (κ1) is 9.50. The van der Waals surface area contributed by atoms with Crippen molar-refractivity contribution in [3.05, 3.63) is 54.4 Å². The molecule has 1 heterocycles. The van der Waals surface area contributed by atoms with Crippen LogP contribution in [0.2, 0.25) is 0 Å². The van der Waals surface area contributed by atoms with E-state index in [2.05, 4.69) is 29.5 Å². The fourth-order valence-electron chi connectivity index (χ4n) is 1.53. The average molecular weight is 196 g/mol. The van der Waals surface area contributed by atoms with Crippen molar-refractivity contribution in [3.8, 4) is 11.3 Å². The molecule has 0 atom stereocenters. The van der Waals surface area contributed by atoms with Crippen molar-refractivity contribution >= 4 is 6.08 Å². The highest BCUT2D eigenvalue weighted by Gasteiger charge is 2.00. The predicted molar refractivity (Wildman–Crippen MR) is 62.2 cm³/mol. The molecule has 0 spiro atoms. The molecule has 1 aromatic carbocycles. The molecule has 0 amide bonds. The molecule has 0 aliphatic rings. The third kappa shape index (κ3) is 1.90. The Bertz CT molecular complexity index is 500. The highest BCUT2D eigenvalue weighted by atomic mass is 15.2. The normalized spacial score (nSPS) is 9.67. The van der Waals surface area contributed by atoms with Crippen LogP contribution in [0.3, 0.4) is 0 Å². The summed E-state index contributed by atoms with van der Waals surface area (Å²) in [5, 5.41) is 4.14. The van der Waals surface area contributed by atoms with Crippen molar-refractivity contribution in [3.63, 3.8) is 0 Å². The predicted octanol–water partition coefficient (Wildman–Crippen LogP) is 2.89. The minimum absolute atomic E-state index is 1.11. The molecule has 0 aliphatic carbocycles. The first-order valence-electron chi connectivity index (χ1n) is 4.75. The van der Waals surface area contributed by atoms with E-state index < -0.39 is 0 Å². The number of nitrogens with zero attached hydrogens (tertiary/aromatic N) is 2. The number of hydrogen-bond donors (Lipinski definition) is 0. The van der Waals surface area contributed by atoms with Gasteiger partial charge in [0.05, 0.1) is 5.69 Å². The van der Waals surface area contributed by atoms with Gasteiger partial charge in [0.25, 0.3) is 0 Å². The number of benzene rings is 1. The minimum atomic E-state index is 1.11. The SMILES string of the molecule is C=C=Cc1ccc(-c2ccnn2C)cc1. The summed E-state index contributed by atoms with van der Waals surface area (Å²) in [5.41, 5.74) is 6.14. The topological polar surface area (TPSA) is 17.8 Å². The molecular weight excluding hydrogens is 184 g/mol. The standard InChI is InChI=1S/C13H12N2/c1-3-4-11-5-7-12(8-6-11)13-9-10-14-15(13)2/h4-10H,1H2,2H3. The summed E-state index contributed by atoms with van der Waals surface area (Å²) >= 11 is 0. The van der Waals surface area contributed by atoms with Crippen LogP contribution in [-0.2, 0) is 7.05 Å². The van der Waals surface area contributed by atoms with Gasteiger partial charge in [-0.1, -0.05) is 30.8 Å². The van der Waals surface area contributed by atoms with Gasteiger partial charge in [0, 0.05) is 13.2 Å². The lowest BCUT2D eigenvalue weighted by Gasteiger charge is -2.01. The molecular formula is C13H12N2. The molecule has 2 nitrogen and oxygen atoms in total. The summed E-state index contributed by atoms with van der Waals surface area (Å²) in [7, 11) is 1.94. The molecule has 2 aromatic rings. The van der Waals surface area contributed by atoms with E-state index in [9.17, 15) is 0 Å². The van der Waals surface area contributed by atoms with E-state index in [4.69, 9.17) is 0 Å². The Balaban J connectivity index is 2.40. The fourth-order valence-corrected chi connectivity index (χ4v) is 1.53. The second-order valence-corrected chi connectivity index (χ2v) is 3.31. The van der Waals surface area contributed by atoms with E-state index in [0.29, 0.717) is 0 Å². The Morgan fingerprint density at radius 2 is 2.00 bits per heavy atom. The maximum absolute atomic E-state index is 4.14. The zero-order valence-electron chi connectivity index (χ0n) is 8.64. The lowest BCUT2D eigenvalue weighted by atomic mass is 10.1. The van der Waals surface area contributed by atoms with Crippen LogP contribution < -0.4 is 0 Å². The molecule has 0 bridgehead atoms.